The fourth-order valence-electron chi connectivity index (χ4n) is 3.83. The van der Waals surface area contributed by atoms with Crippen LogP contribution in [0.2, 0.25) is 5.02 Å². The molecule has 7 heteroatoms. The summed E-state index contributed by atoms with van der Waals surface area (Å²) >= 11 is 5.89. The van der Waals surface area contributed by atoms with Crippen LogP contribution in [0.15, 0.2) is 71.5 Å². The van der Waals surface area contributed by atoms with Crippen LogP contribution in [0.5, 0.6) is 0 Å². The predicted octanol–water partition coefficient (Wildman–Crippen LogP) is 5.15. The van der Waals surface area contributed by atoms with E-state index in [0.29, 0.717) is 10.8 Å². The lowest BCUT2D eigenvalue weighted by Gasteiger charge is -2.04. The van der Waals surface area contributed by atoms with Crippen molar-refractivity contribution < 1.29 is 4.79 Å². The van der Waals surface area contributed by atoms with E-state index in [9.17, 15) is 9.59 Å². The molecule has 33 heavy (non-hydrogen) atoms. The van der Waals surface area contributed by atoms with Crippen molar-refractivity contribution in [2.75, 3.05) is 0 Å². The lowest BCUT2D eigenvalue weighted by Crippen LogP contribution is -2.33. The minimum Gasteiger partial charge on any atom is -0.368 e. The lowest BCUT2D eigenvalue weighted by molar-refractivity contribution is -0.121. The Balaban J connectivity index is 0.000000183. The topological polar surface area (TPSA) is 82.9 Å². The van der Waals surface area contributed by atoms with Crippen molar-refractivity contribution in [2.45, 2.75) is 45.2 Å². The highest BCUT2D eigenvalue weighted by Gasteiger charge is 2.32. The summed E-state index contributed by atoms with van der Waals surface area (Å²) in [5, 5.41) is 7.67. The van der Waals surface area contributed by atoms with Crippen molar-refractivity contribution in [3.05, 3.63) is 87.8 Å². The van der Waals surface area contributed by atoms with Gasteiger partial charge in [0.25, 0.3) is 0 Å². The molecule has 2 N–H and O–H groups in total. The monoisotopic (exact) mass is 462 g/mol. The number of carbonyl (C=O) groups is 1. The third kappa shape index (κ3) is 4.86. The number of carbonyl (C=O) groups excluding carboxylic acids is 1. The Morgan fingerprint density at radius 1 is 1.09 bits per heavy atom. The van der Waals surface area contributed by atoms with Gasteiger partial charge in [-0.3, -0.25) is 9.36 Å². The number of aromatic nitrogens is 3. The molecule has 4 aromatic rings. The summed E-state index contributed by atoms with van der Waals surface area (Å²) in [6.45, 7) is 3.77. The second-order valence-electron chi connectivity index (χ2n) is 8.23. The van der Waals surface area contributed by atoms with E-state index in [1.165, 1.54) is 16.3 Å². The zero-order valence-electron chi connectivity index (χ0n) is 18.7. The van der Waals surface area contributed by atoms with E-state index >= 15 is 0 Å². The van der Waals surface area contributed by atoms with Crippen molar-refractivity contribution in [1.82, 2.24) is 14.3 Å². The van der Waals surface area contributed by atoms with Crippen molar-refractivity contribution in [3.63, 3.8) is 0 Å². The molecule has 170 valence electrons. The second kappa shape index (κ2) is 9.63. The van der Waals surface area contributed by atoms with Gasteiger partial charge < -0.3 is 5.73 Å². The van der Waals surface area contributed by atoms with E-state index < -0.39 is 11.9 Å². The van der Waals surface area contributed by atoms with Gasteiger partial charge in [0.2, 0.25) is 5.91 Å². The number of hydrogen-bond acceptors (Lipinski definition) is 3. The maximum atomic E-state index is 12.5. The van der Waals surface area contributed by atoms with Crippen LogP contribution in [-0.2, 0) is 11.2 Å². The molecule has 1 amide bonds. The molecular formula is C26H27ClN4O2. The van der Waals surface area contributed by atoms with Crippen LogP contribution >= 0.6 is 11.6 Å². The van der Waals surface area contributed by atoms with Gasteiger partial charge in [0.1, 0.15) is 6.04 Å². The van der Waals surface area contributed by atoms with Crippen molar-refractivity contribution in [3.8, 4) is 11.4 Å². The summed E-state index contributed by atoms with van der Waals surface area (Å²) in [6, 6.07) is 21.5. The first kappa shape index (κ1) is 22.8. The minimum atomic E-state index is -0.774. The third-order valence-corrected chi connectivity index (χ3v) is 6.14. The lowest BCUT2D eigenvalue weighted by atomic mass is 10.0. The minimum absolute atomic E-state index is 0.150. The number of benzene rings is 3. The van der Waals surface area contributed by atoms with E-state index in [-0.39, 0.29) is 11.7 Å². The summed E-state index contributed by atoms with van der Waals surface area (Å²) in [5.41, 5.74) is 7.21. The van der Waals surface area contributed by atoms with Gasteiger partial charge in [-0.05, 0) is 66.8 Å². The van der Waals surface area contributed by atoms with Gasteiger partial charge >= 0.3 is 5.69 Å². The van der Waals surface area contributed by atoms with E-state index in [1.54, 1.807) is 23.6 Å². The Kier molecular flexibility index (Phi) is 6.65. The van der Waals surface area contributed by atoms with Crippen molar-refractivity contribution in [2.24, 2.45) is 5.73 Å². The molecule has 0 radical (unpaired) electrons. The zero-order valence-corrected chi connectivity index (χ0v) is 19.5. The highest BCUT2D eigenvalue weighted by atomic mass is 35.5. The fourth-order valence-corrected chi connectivity index (χ4v) is 3.95. The van der Waals surface area contributed by atoms with E-state index in [4.69, 9.17) is 17.3 Å². The molecule has 1 unspecified atom stereocenters. The van der Waals surface area contributed by atoms with E-state index in [1.807, 2.05) is 12.1 Å². The number of aryl methyl sites for hydroxylation is 1. The SMILES string of the molecule is CC(C(N)=O)n1nc(-c2ccc(Cl)cc2)n(C2CC2)c1=O.CCc1cccc2ccccc12. The summed E-state index contributed by atoms with van der Waals surface area (Å²) in [4.78, 5) is 23.8. The highest BCUT2D eigenvalue weighted by molar-refractivity contribution is 6.30. The first-order valence-electron chi connectivity index (χ1n) is 11.1. The number of nitrogens with zero attached hydrogens (tertiary/aromatic N) is 3. The molecule has 1 atom stereocenters. The quantitative estimate of drug-likeness (QED) is 0.445. The molecule has 1 aliphatic rings. The molecule has 1 fully saturated rings. The van der Waals surface area contributed by atoms with Crippen LogP contribution in [0.3, 0.4) is 0 Å². The molecule has 0 saturated heterocycles. The van der Waals surface area contributed by atoms with Gasteiger partial charge in [-0.25, -0.2) is 9.48 Å². The second-order valence-corrected chi connectivity index (χ2v) is 8.67. The largest absolute Gasteiger partial charge is 0.368 e. The molecule has 5 rings (SSSR count). The van der Waals surface area contributed by atoms with Crippen molar-refractivity contribution >= 4 is 28.3 Å². The number of hydrogen-bond donors (Lipinski definition) is 1. The molecular weight excluding hydrogens is 436 g/mol. The van der Waals surface area contributed by atoms with Gasteiger partial charge in [0.05, 0.1) is 0 Å². The van der Waals surface area contributed by atoms with Crippen molar-refractivity contribution in [1.29, 1.82) is 0 Å². The number of rotatable bonds is 5. The number of fused-ring (bicyclic) bond motifs is 1. The van der Waals surface area contributed by atoms with Gasteiger partial charge in [-0.2, -0.15) is 0 Å². The van der Waals surface area contributed by atoms with Gasteiger partial charge in [0, 0.05) is 16.6 Å². The van der Waals surface area contributed by atoms with Crippen LogP contribution in [0.1, 0.15) is 44.3 Å². The van der Waals surface area contributed by atoms with Gasteiger partial charge in [0.15, 0.2) is 5.82 Å². The predicted molar refractivity (Wildman–Crippen MR) is 132 cm³/mol. The summed E-state index contributed by atoms with van der Waals surface area (Å²) in [5.74, 6) is -0.0348. The number of amides is 1. The zero-order chi connectivity index (χ0) is 23.5. The first-order chi connectivity index (χ1) is 15.9. The fraction of sp³-hybridized carbons (Fsp3) is 0.269. The average molecular weight is 463 g/mol. The Hall–Kier alpha value is -3.38. The first-order valence-corrected chi connectivity index (χ1v) is 11.5. The number of halogens is 1. The standard InChI is InChI=1S/C14H15ClN4O2.C12H12/c1-8(12(16)20)19-14(21)18(11-6-7-11)13(17-19)9-2-4-10(15)5-3-9;1-2-10-7-5-8-11-6-3-4-9-12(10)11/h2-5,8,11H,6-7H2,1H3,(H2,16,20);3-9H,2H2,1H3. The molecule has 3 aromatic carbocycles. The smallest absolute Gasteiger partial charge is 0.347 e. The summed E-state index contributed by atoms with van der Waals surface area (Å²) < 4.78 is 2.80. The maximum absolute atomic E-state index is 12.5. The van der Waals surface area contributed by atoms with Crippen LogP contribution in [-0.4, -0.2) is 20.3 Å². The Bertz CT molecular complexity index is 1330. The average Bonchev–Trinajstić information content (AvgIpc) is 3.61. The van der Waals surface area contributed by atoms with E-state index in [2.05, 4.69) is 54.5 Å². The molecule has 0 bridgehead atoms. The van der Waals surface area contributed by atoms with E-state index in [0.717, 1.165) is 29.5 Å². The Labute approximate surface area is 197 Å². The van der Waals surface area contributed by atoms with Gasteiger partial charge in [-0.1, -0.05) is 61.0 Å². The van der Waals surface area contributed by atoms with Crippen LogP contribution in [0, 0.1) is 0 Å². The molecule has 1 heterocycles. The Morgan fingerprint density at radius 3 is 2.39 bits per heavy atom. The Morgan fingerprint density at radius 2 is 1.76 bits per heavy atom. The normalized spacial score (nSPS) is 13.9. The summed E-state index contributed by atoms with van der Waals surface area (Å²) in [7, 11) is 0. The van der Waals surface area contributed by atoms with Crippen LogP contribution in [0.25, 0.3) is 22.2 Å². The molecule has 0 spiro atoms. The highest BCUT2D eigenvalue weighted by Crippen LogP contribution is 2.36. The third-order valence-electron chi connectivity index (χ3n) is 5.89. The van der Waals surface area contributed by atoms with Crippen LogP contribution in [0.4, 0.5) is 0 Å². The van der Waals surface area contributed by atoms with Gasteiger partial charge in [-0.15, -0.1) is 5.10 Å². The molecule has 6 nitrogen and oxygen atoms in total. The maximum Gasteiger partial charge on any atom is 0.347 e. The molecule has 1 saturated carbocycles. The summed E-state index contributed by atoms with van der Waals surface area (Å²) in [6.07, 6.45) is 3.00. The number of primary amides is 1. The molecule has 1 aromatic heterocycles. The number of nitrogens with two attached hydrogens (primary N) is 1. The molecule has 0 aliphatic heterocycles. The van der Waals surface area contributed by atoms with Crippen LogP contribution < -0.4 is 11.4 Å². The molecule has 1 aliphatic carbocycles.